The SMILES string of the molecule is CCc1ccc(C(C)NC(=O)Nc2ccc(NS(=O)(=O)CC)c(C)c2)cc1. The van der Waals surface area contributed by atoms with Crippen molar-refractivity contribution in [3.05, 3.63) is 59.2 Å². The van der Waals surface area contributed by atoms with Crippen molar-refractivity contribution in [2.75, 3.05) is 15.8 Å². The van der Waals surface area contributed by atoms with Crippen molar-refractivity contribution in [3.63, 3.8) is 0 Å². The lowest BCUT2D eigenvalue weighted by molar-refractivity contribution is 0.249. The highest BCUT2D eigenvalue weighted by Crippen LogP contribution is 2.21. The number of hydrogen-bond acceptors (Lipinski definition) is 3. The Kier molecular flexibility index (Phi) is 6.85. The molecule has 27 heavy (non-hydrogen) atoms. The highest BCUT2D eigenvalue weighted by Gasteiger charge is 2.12. The second-order valence-electron chi connectivity index (χ2n) is 6.45. The van der Waals surface area contributed by atoms with Crippen molar-refractivity contribution in [2.24, 2.45) is 0 Å². The highest BCUT2D eigenvalue weighted by molar-refractivity contribution is 7.92. The zero-order valence-electron chi connectivity index (χ0n) is 16.2. The maximum atomic E-state index is 12.3. The number of hydrogen-bond donors (Lipinski definition) is 3. The zero-order valence-corrected chi connectivity index (χ0v) is 17.0. The van der Waals surface area contributed by atoms with Gasteiger partial charge < -0.3 is 10.6 Å². The molecule has 1 unspecified atom stereocenters. The van der Waals surface area contributed by atoms with E-state index in [2.05, 4.69) is 34.4 Å². The standard InChI is InChI=1S/C20H27N3O3S/c1-5-16-7-9-17(10-8-16)15(4)21-20(24)22-18-11-12-19(14(3)13-18)23-27(25,26)6-2/h7-13,15,23H,5-6H2,1-4H3,(H2,21,22,24). The fourth-order valence-electron chi connectivity index (χ4n) is 2.58. The van der Waals surface area contributed by atoms with Crippen LogP contribution in [0.15, 0.2) is 42.5 Å². The van der Waals surface area contributed by atoms with Crippen LogP contribution in [0.25, 0.3) is 0 Å². The molecule has 0 bridgehead atoms. The Labute approximate surface area is 161 Å². The van der Waals surface area contributed by atoms with Crippen molar-refractivity contribution in [1.82, 2.24) is 5.32 Å². The summed E-state index contributed by atoms with van der Waals surface area (Å²) in [5, 5.41) is 5.68. The normalized spacial score (nSPS) is 12.3. The minimum absolute atomic E-state index is 0.00592. The van der Waals surface area contributed by atoms with E-state index < -0.39 is 10.0 Å². The Hall–Kier alpha value is -2.54. The van der Waals surface area contributed by atoms with Gasteiger partial charge in [0.05, 0.1) is 17.5 Å². The molecule has 0 aromatic heterocycles. The van der Waals surface area contributed by atoms with Crippen LogP contribution in [0.1, 0.15) is 43.5 Å². The predicted octanol–water partition coefficient (Wildman–Crippen LogP) is 4.20. The summed E-state index contributed by atoms with van der Waals surface area (Å²) in [6, 6.07) is 12.7. The molecule has 2 rings (SSSR count). The van der Waals surface area contributed by atoms with Gasteiger partial charge in [-0.15, -0.1) is 0 Å². The number of benzene rings is 2. The molecule has 0 aliphatic rings. The van der Waals surface area contributed by atoms with Gasteiger partial charge in [-0.05, 0) is 62.1 Å². The Morgan fingerprint density at radius 3 is 2.30 bits per heavy atom. The van der Waals surface area contributed by atoms with Gasteiger partial charge in [0.2, 0.25) is 10.0 Å². The largest absolute Gasteiger partial charge is 0.331 e. The number of urea groups is 1. The average Bonchev–Trinajstić information content (AvgIpc) is 2.64. The summed E-state index contributed by atoms with van der Waals surface area (Å²) in [7, 11) is -3.33. The Bertz CT molecular complexity index is 893. The molecule has 7 heteroatoms. The summed E-state index contributed by atoms with van der Waals surface area (Å²) in [5.41, 5.74) is 4.12. The number of rotatable bonds is 7. The lowest BCUT2D eigenvalue weighted by Crippen LogP contribution is -2.31. The number of amides is 2. The number of sulfonamides is 1. The Morgan fingerprint density at radius 2 is 1.74 bits per heavy atom. The van der Waals surface area contributed by atoms with Crippen LogP contribution >= 0.6 is 0 Å². The van der Waals surface area contributed by atoms with Gasteiger partial charge in [0, 0.05) is 5.69 Å². The van der Waals surface area contributed by atoms with Crippen molar-refractivity contribution >= 4 is 27.4 Å². The molecule has 0 saturated heterocycles. The zero-order chi connectivity index (χ0) is 20.0. The monoisotopic (exact) mass is 389 g/mol. The van der Waals surface area contributed by atoms with Crippen LogP contribution in [0.4, 0.5) is 16.2 Å². The minimum atomic E-state index is -3.33. The van der Waals surface area contributed by atoms with Gasteiger partial charge >= 0.3 is 6.03 Å². The molecule has 0 aliphatic heterocycles. The second kappa shape index (κ2) is 8.90. The van der Waals surface area contributed by atoms with Gasteiger partial charge in [0.1, 0.15) is 0 Å². The molecule has 0 heterocycles. The lowest BCUT2D eigenvalue weighted by Gasteiger charge is -2.16. The van der Waals surface area contributed by atoms with Gasteiger partial charge in [-0.3, -0.25) is 4.72 Å². The van der Waals surface area contributed by atoms with Crippen LogP contribution in [-0.4, -0.2) is 20.2 Å². The van der Waals surface area contributed by atoms with E-state index in [4.69, 9.17) is 0 Å². The van der Waals surface area contributed by atoms with E-state index in [1.165, 1.54) is 5.56 Å². The van der Waals surface area contributed by atoms with Gasteiger partial charge in [0.25, 0.3) is 0 Å². The third-order valence-corrected chi connectivity index (χ3v) is 5.66. The van der Waals surface area contributed by atoms with Crippen LogP contribution in [-0.2, 0) is 16.4 Å². The molecule has 2 aromatic rings. The van der Waals surface area contributed by atoms with Crippen molar-refractivity contribution in [2.45, 2.75) is 40.2 Å². The van der Waals surface area contributed by atoms with Crippen LogP contribution in [0.3, 0.4) is 0 Å². The topological polar surface area (TPSA) is 87.3 Å². The van der Waals surface area contributed by atoms with E-state index in [-0.39, 0.29) is 17.8 Å². The smallest absolute Gasteiger partial charge is 0.319 e. The molecule has 6 nitrogen and oxygen atoms in total. The van der Waals surface area contributed by atoms with E-state index in [0.717, 1.165) is 17.5 Å². The molecule has 0 radical (unpaired) electrons. The van der Waals surface area contributed by atoms with Crippen LogP contribution in [0.5, 0.6) is 0 Å². The molecule has 0 fully saturated rings. The molecule has 2 amide bonds. The number of carbonyl (C=O) groups excluding carboxylic acids is 1. The summed E-state index contributed by atoms with van der Waals surface area (Å²) >= 11 is 0. The van der Waals surface area contributed by atoms with E-state index in [1.54, 1.807) is 32.0 Å². The third-order valence-electron chi connectivity index (χ3n) is 4.37. The quantitative estimate of drug-likeness (QED) is 0.663. The number of carbonyl (C=O) groups is 1. The van der Waals surface area contributed by atoms with Crippen LogP contribution in [0, 0.1) is 6.92 Å². The van der Waals surface area contributed by atoms with Gasteiger partial charge in [0.15, 0.2) is 0 Å². The fourth-order valence-corrected chi connectivity index (χ4v) is 3.29. The van der Waals surface area contributed by atoms with E-state index >= 15 is 0 Å². The van der Waals surface area contributed by atoms with Crippen molar-refractivity contribution in [3.8, 4) is 0 Å². The number of anilines is 2. The summed E-state index contributed by atoms with van der Waals surface area (Å²) in [6.07, 6.45) is 0.979. The molecule has 2 aromatic carbocycles. The molecule has 1 atom stereocenters. The van der Waals surface area contributed by atoms with Crippen LogP contribution in [0.2, 0.25) is 0 Å². The predicted molar refractivity (Wildman–Crippen MR) is 111 cm³/mol. The van der Waals surface area contributed by atoms with Gasteiger partial charge in [-0.1, -0.05) is 31.2 Å². The molecular weight excluding hydrogens is 362 g/mol. The maximum absolute atomic E-state index is 12.3. The maximum Gasteiger partial charge on any atom is 0.319 e. The molecule has 3 N–H and O–H groups in total. The van der Waals surface area contributed by atoms with Crippen LogP contribution < -0.4 is 15.4 Å². The third kappa shape index (κ3) is 5.99. The summed E-state index contributed by atoms with van der Waals surface area (Å²) in [4.78, 5) is 12.3. The average molecular weight is 390 g/mol. The van der Waals surface area contributed by atoms with Gasteiger partial charge in [-0.2, -0.15) is 0 Å². The fraction of sp³-hybridized carbons (Fsp3) is 0.350. The van der Waals surface area contributed by atoms with Crippen molar-refractivity contribution < 1.29 is 13.2 Å². The summed E-state index contributed by atoms with van der Waals surface area (Å²) < 4.78 is 25.9. The number of nitrogens with one attached hydrogen (secondary N) is 3. The highest BCUT2D eigenvalue weighted by atomic mass is 32.2. The van der Waals surface area contributed by atoms with Crippen molar-refractivity contribution in [1.29, 1.82) is 0 Å². The summed E-state index contributed by atoms with van der Waals surface area (Å²) in [6.45, 7) is 7.39. The number of aryl methyl sites for hydroxylation is 2. The Morgan fingerprint density at radius 1 is 1.07 bits per heavy atom. The van der Waals surface area contributed by atoms with Gasteiger partial charge in [-0.25, -0.2) is 13.2 Å². The Balaban J connectivity index is 1.99. The molecule has 0 spiro atoms. The van der Waals surface area contributed by atoms with E-state index in [9.17, 15) is 13.2 Å². The molecular formula is C20H27N3O3S. The molecule has 146 valence electrons. The van der Waals surface area contributed by atoms with E-state index in [0.29, 0.717) is 11.4 Å². The first-order chi connectivity index (χ1) is 12.7. The summed E-state index contributed by atoms with van der Waals surface area (Å²) in [5.74, 6) is 0.00592. The first-order valence-corrected chi connectivity index (χ1v) is 10.7. The lowest BCUT2D eigenvalue weighted by atomic mass is 10.1. The first kappa shape index (κ1) is 20.8. The van der Waals surface area contributed by atoms with E-state index in [1.807, 2.05) is 19.1 Å². The molecule has 0 saturated carbocycles. The first-order valence-electron chi connectivity index (χ1n) is 9.01. The second-order valence-corrected chi connectivity index (χ2v) is 8.46. The minimum Gasteiger partial charge on any atom is -0.331 e. The molecule has 0 aliphatic carbocycles.